The molecule has 0 amide bonds. The van der Waals surface area contributed by atoms with Crippen LogP contribution >= 0.6 is 0 Å². The van der Waals surface area contributed by atoms with E-state index < -0.39 is 0 Å². The molecule has 1 unspecified atom stereocenters. The van der Waals surface area contributed by atoms with Crippen LogP contribution < -0.4 is 10.6 Å². The van der Waals surface area contributed by atoms with Crippen molar-refractivity contribution in [1.29, 1.82) is 0 Å². The van der Waals surface area contributed by atoms with Crippen LogP contribution in [0.15, 0.2) is 17.4 Å². The number of nitrogens with one attached hydrogen (secondary N) is 2. The molecule has 2 N–H and O–H groups in total. The number of hydrogen-bond donors (Lipinski definition) is 2. The summed E-state index contributed by atoms with van der Waals surface area (Å²) < 4.78 is 13.0. The zero-order valence-corrected chi connectivity index (χ0v) is 15.7. The van der Waals surface area contributed by atoms with E-state index in [1.165, 1.54) is 5.56 Å². The third-order valence-electron chi connectivity index (χ3n) is 4.06. The first-order valence-electron chi connectivity index (χ1n) is 9.44. The highest BCUT2D eigenvalue weighted by Crippen LogP contribution is 2.12. The number of aromatic nitrogens is 2. The van der Waals surface area contributed by atoms with Crippen LogP contribution in [0.1, 0.15) is 31.7 Å². The maximum atomic E-state index is 5.72. The summed E-state index contributed by atoms with van der Waals surface area (Å²) in [4.78, 5) is 4.61. The zero-order chi connectivity index (χ0) is 17.7. The van der Waals surface area contributed by atoms with E-state index in [1.807, 2.05) is 10.9 Å². The van der Waals surface area contributed by atoms with Crippen molar-refractivity contribution in [2.24, 2.45) is 10.9 Å². The summed E-state index contributed by atoms with van der Waals surface area (Å²) in [6.45, 7) is 10.9. The van der Waals surface area contributed by atoms with E-state index >= 15 is 0 Å². The minimum absolute atomic E-state index is 0.588. The van der Waals surface area contributed by atoms with E-state index in [2.05, 4.69) is 40.8 Å². The summed E-state index contributed by atoms with van der Waals surface area (Å²) in [5, 5.41) is 10.9. The molecule has 1 atom stereocenters. The Labute approximate surface area is 151 Å². The van der Waals surface area contributed by atoms with Gasteiger partial charge >= 0.3 is 0 Å². The van der Waals surface area contributed by atoms with E-state index in [0.717, 1.165) is 77.8 Å². The van der Waals surface area contributed by atoms with Crippen LogP contribution in [0, 0.1) is 12.8 Å². The highest BCUT2D eigenvalue weighted by Gasteiger charge is 2.15. The van der Waals surface area contributed by atoms with Crippen molar-refractivity contribution >= 4 is 5.96 Å². The predicted octanol–water partition coefficient (Wildman–Crippen LogP) is 1.58. The molecule has 1 aliphatic heterocycles. The van der Waals surface area contributed by atoms with E-state index in [-0.39, 0.29) is 0 Å². The predicted molar refractivity (Wildman–Crippen MR) is 99.9 cm³/mol. The van der Waals surface area contributed by atoms with Gasteiger partial charge in [0.2, 0.25) is 0 Å². The van der Waals surface area contributed by atoms with Gasteiger partial charge in [-0.15, -0.1) is 0 Å². The maximum Gasteiger partial charge on any atom is 0.191 e. The number of rotatable bonds is 11. The van der Waals surface area contributed by atoms with Crippen LogP contribution in [0.4, 0.5) is 0 Å². The van der Waals surface area contributed by atoms with Crippen molar-refractivity contribution in [2.45, 2.75) is 39.7 Å². The lowest BCUT2D eigenvalue weighted by Gasteiger charge is -2.12. The molecule has 0 spiro atoms. The Kier molecular flexibility index (Phi) is 9.36. The number of hydrogen-bond acceptors (Lipinski definition) is 4. The van der Waals surface area contributed by atoms with Gasteiger partial charge in [0.05, 0.1) is 19.4 Å². The Morgan fingerprint density at radius 2 is 2.36 bits per heavy atom. The molecule has 25 heavy (non-hydrogen) atoms. The minimum Gasteiger partial charge on any atom is -0.381 e. The molecule has 1 aromatic rings. The number of ether oxygens (including phenoxy) is 2. The first-order chi connectivity index (χ1) is 12.3. The van der Waals surface area contributed by atoms with Gasteiger partial charge in [0.25, 0.3) is 0 Å². The monoisotopic (exact) mass is 351 g/mol. The summed E-state index contributed by atoms with van der Waals surface area (Å²) in [7, 11) is 0. The standard InChI is InChI=1S/C18H33N5O2/c1-3-19-18(20-7-4-9-23-13-16(2)12-22-23)21-8-5-10-24-14-17-6-11-25-15-17/h12-13,17H,3-11,14-15H2,1-2H3,(H2,19,20,21). The first kappa shape index (κ1) is 19.7. The van der Waals surface area contributed by atoms with Gasteiger partial charge in [-0.3, -0.25) is 9.67 Å². The Bertz CT molecular complexity index is 497. The van der Waals surface area contributed by atoms with E-state index in [0.29, 0.717) is 5.92 Å². The molecule has 0 aromatic carbocycles. The number of nitrogens with zero attached hydrogens (tertiary/aromatic N) is 3. The fourth-order valence-electron chi connectivity index (χ4n) is 2.70. The number of guanidine groups is 1. The fourth-order valence-corrected chi connectivity index (χ4v) is 2.70. The molecule has 0 radical (unpaired) electrons. The van der Waals surface area contributed by atoms with Gasteiger partial charge in [-0.1, -0.05) is 0 Å². The minimum atomic E-state index is 0.588. The topological polar surface area (TPSA) is 72.7 Å². The van der Waals surface area contributed by atoms with Gasteiger partial charge < -0.3 is 20.1 Å². The van der Waals surface area contributed by atoms with Gasteiger partial charge in [0.15, 0.2) is 5.96 Å². The quantitative estimate of drug-likeness (QED) is 0.360. The molecule has 1 fully saturated rings. The van der Waals surface area contributed by atoms with E-state index in [1.54, 1.807) is 0 Å². The number of aryl methyl sites for hydroxylation is 2. The molecule has 1 aromatic heterocycles. The third-order valence-corrected chi connectivity index (χ3v) is 4.06. The Morgan fingerprint density at radius 3 is 3.08 bits per heavy atom. The SMILES string of the molecule is CCNC(=NCCCn1cc(C)cn1)NCCCOCC1CCOC1. The average molecular weight is 351 g/mol. The molecule has 7 heteroatoms. The van der Waals surface area contributed by atoms with Crippen molar-refractivity contribution in [3.8, 4) is 0 Å². The molecule has 0 saturated carbocycles. The first-order valence-corrected chi connectivity index (χ1v) is 9.44. The van der Waals surface area contributed by atoms with Gasteiger partial charge in [-0.05, 0) is 38.7 Å². The van der Waals surface area contributed by atoms with Crippen LogP contribution in [-0.2, 0) is 16.0 Å². The van der Waals surface area contributed by atoms with Gasteiger partial charge in [-0.2, -0.15) is 5.10 Å². The van der Waals surface area contributed by atoms with Crippen LogP contribution in [0.5, 0.6) is 0 Å². The molecule has 0 aliphatic carbocycles. The molecule has 2 rings (SSSR count). The smallest absolute Gasteiger partial charge is 0.191 e. The highest BCUT2D eigenvalue weighted by atomic mass is 16.5. The van der Waals surface area contributed by atoms with Crippen LogP contribution in [0.2, 0.25) is 0 Å². The molecular formula is C18H33N5O2. The lowest BCUT2D eigenvalue weighted by Crippen LogP contribution is -2.38. The highest BCUT2D eigenvalue weighted by molar-refractivity contribution is 5.79. The Morgan fingerprint density at radius 1 is 1.44 bits per heavy atom. The van der Waals surface area contributed by atoms with Crippen LogP contribution in [0.3, 0.4) is 0 Å². The molecular weight excluding hydrogens is 318 g/mol. The van der Waals surface area contributed by atoms with Gasteiger partial charge in [0.1, 0.15) is 0 Å². The summed E-state index contributed by atoms with van der Waals surface area (Å²) in [5.41, 5.74) is 1.20. The van der Waals surface area contributed by atoms with Crippen molar-refractivity contribution in [1.82, 2.24) is 20.4 Å². The maximum absolute atomic E-state index is 5.72. The molecule has 7 nitrogen and oxygen atoms in total. The summed E-state index contributed by atoms with van der Waals surface area (Å²) in [6.07, 6.45) is 7.03. The second-order valence-corrected chi connectivity index (χ2v) is 6.48. The summed E-state index contributed by atoms with van der Waals surface area (Å²) in [5.74, 6) is 1.47. The van der Waals surface area contributed by atoms with Crippen LogP contribution in [0.25, 0.3) is 0 Å². The Hall–Kier alpha value is -1.60. The van der Waals surface area contributed by atoms with Crippen molar-refractivity contribution in [3.05, 3.63) is 18.0 Å². The fraction of sp³-hybridized carbons (Fsp3) is 0.778. The van der Waals surface area contributed by atoms with Crippen molar-refractivity contribution < 1.29 is 9.47 Å². The molecule has 142 valence electrons. The van der Waals surface area contributed by atoms with Crippen molar-refractivity contribution in [3.63, 3.8) is 0 Å². The van der Waals surface area contributed by atoms with Gasteiger partial charge in [0, 0.05) is 51.5 Å². The normalized spacial score (nSPS) is 17.8. The molecule has 1 aliphatic rings. The summed E-state index contributed by atoms with van der Waals surface area (Å²) in [6, 6.07) is 0. The van der Waals surface area contributed by atoms with Crippen molar-refractivity contribution in [2.75, 3.05) is 46.1 Å². The molecule has 2 heterocycles. The van der Waals surface area contributed by atoms with Gasteiger partial charge in [-0.25, -0.2) is 0 Å². The second kappa shape index (κ2) is 11.9. The third kappa shape index (κ3) is 8.36. The molecule has 1 saturated heterocycles. The average Bonchev–Trinajstić information content (AvgIpc) is 3.26. The lowest BCUT2D eigenvalue weighted by molar-refractivity contribution is 0.0888. The lowest BCUT2D eigenvalue weighted by atomic mass is 10.1. The Balaban J connectivity index is 1.53. The molecule has 0 bridgehead atoms. The second-order valence-electron chi connectivity index (χ2n) is 6.48. The largest absolute Gasteiger partial charge is 0.381 e. The summed E-state index contributed by atoms with van der Waals surface area (Å²) >= 11 is 0. The number of aliphatic imine (C=N–C) groups is 1. The van der Waals surface area contributed by atoms with Crippen LogP contribution in [-0.4, -0.2) is 61.8 Å². The zero-order valence-electron chi connectivity index (χ0n) is 15.7. The van der Waals surface area contributed by atoms with E-state index in [4.69, 9.17) is 9.47 Å². The van der Waals surface area contributed by atoms with E-state index in [9.17, 15) is 0 Å².